The summed E-state index contributed by atoms with van der Waals surface area (Å²) in [5, 5.41) is 37.2. The molecule has 4 fully saturated rings. The number of hydrogen-bond acceptors (Lipinski definition) is 7. The van der Waals surface area contributed by atoms with E-state index in [1.165, 1.54) is 11.1 Å². The zero-order valence-corrected chi connectivity index (χ0v) is 21.9. The second-order valence-electron chi connectivity index (χ2n) is 13.2. The first-order valence-corrected chi connectivity index (χ1v) is 14.2. The second-order valence-corrected chi connectivity index (χ2v) is 13.2. The van der Waals surface area contributed by atoms with Crippen LogP contribution < -0.4 is 5.73 Å². The van der Waals surface area contributed by atoms with E-state index in [0.29, 0.717) is 19.3 Å². The van der Waals surface area contributed by atoms with Gasteiger partial charge in [-0.3, -0.25) is 9.88 Å². The Morgan fingerprint density at radius 1 is 1.13 bits per heavy atom. The zero-order valence-electron chi connectivity index (χ0n) is 21.9. The first-order chi connectivity index (χ1) is 18.2. The van der Waals surface area contributed by atoms with Crippen molar-refractivity contribution in [3.63, 3.8) is 0 Å². The lowest BCUT2D eigenvalue weighted by atomic mass is 9.56. The van der Waals surface area contributed by atoms with Crippen LogP contribution in [0.4, 0.5) is 0 Å². The molecule has 1 aromatic heterocycles. The summed E-state index contributed by atoms with van der Waals surface area (Å²) in [6, 6.07) is 8.19. The van der Waals surface area contributed by atoms with Crippen molar-refractivity contribution >= 4 is 10.8 Å². The van der Waals surface area contributed by atoms with Gasteiger partial charge in [0.05, 0.1) is 23.4 Å². The number of likely N-dealkylation sites (tertiary alicyclic amines) is 1. The molecule has 4 heterocycles. The van der Waals surface area contributed by atoms with Crippen LogP contribution in [-0.2, 0) is 10.3 Å². The molecule has 6 aliphatic rings. The summed E-state index contributed by atoms with van der Waals surface area (Å²) in [6.07, 6.45) is 11.2. The number of aliphatic hydroxyl groups excluding tert-OH is 2. The SMILES string of the molecule is C[C@]12CC=C3C=C4C[C@@H](O)[C@@H](N5CC(N)C5)C[C@]45CCC3(O5)[C@@H]1C[C@@H](O)[C@]2(O)c1ccc2ccncc2c1. The summed E-state index contributed by atoms with van der Waals surface area (Å²) in [4.78, 5) is 6.59. The maximum Gasteiger partial charge on any atom is 0.121 e. The number of pyridine rings is 1. The van der Waals surface area contributed by atoms with Crippen molar-refractivity contribution in [2.45, 2.75) is 86.5 Å². The maximum absolute atomic E-state index is 12.5. The third kappa shape index (κ3) is 2.77. The fourth-order valence-corrected chi connectivity index (χ4v) is 9.40. The molecule has 3 aliphatic carbocycles. The van der Waals surface area contributed by atoms with E-state index in [9.17, 15) is 15.3 Å². The number of aliphatic hydroxyl groups is 3. The van der Waals surface area contributed by atoms with E-state index in [4.69, 9.17) is 10.5 Å². The van der Waals surface area contributed by atoms with Gasteiger partial charge in [-0.05, 0) is 72.8 Å². The molecule has 2 saturated heterocycles. The highest BCUT2D eigenvalue weighted by Crippen LogP contribution is 2.70. The molecule has 1 aromatic carbocycles. The van der Waals surface area contributed by atoms with Crippen molar-refractivity contribution in [2.75, 3.05) is 13.1 Å². The van der Waals surface area contributed by atoms with Gasteiger partial charge in [-0.2, -0.15) is 0 Å². The summed E-state index contributed by atoms with van der Waals surface area (Å²) in [7, 11) is 0. The summed E-state index contributed by atoms with van der Waals surface area (Å²) >= 11 is 0. The molecule has 8 rings (SSSR count). The number of allylic oxidation sites excluding steroid dienone is 1. The summed E-state index contributed by atoms with van der Waals surface area (Å²) < 4.78 is 7.29. The van der Waals surface area contributed by atoms with E-state index in [2.05, 4.69) is 29.0 Å². The van der Waals surface area contributed by atoms with Gasteiger partial charge in [0.25, 0.3) is 0 Å². The quantitative estimate of drug-likeness (QED) is 0.486. The van der Waals surface area contributed by atoms with Crippen LogP contribution in [0.3, 0.4) is 0 Å². The van der Waals surface area contributed by atoms with Crippen LogP contribution in [-0.4, -0.2) is 73.8 Å². The van der Waals surface area contributed by atoms with Gasteiger partial charge < -0.3 is 25.8 Å². The Morgan fingerprint density at radius 3 is 2.79 bits per heavy atom. The molecule has 5 N–H and O–H groups in total. The van der Waals surface area contributed by atoms with E-state index in [1.54, 1.807) is 6.20 Å². The number of aromatic nitrogens is 1. The van der Waals surface area contributed by atoms with E-state index in [-0.39, 0.29) is 23.6 Å². The van der Waals surface area contributed by atoms with Crippen LogP contribution >= 0.6 is 0 Å². The number of benzene rings is 1. The Bertz CT molecular complexity index is 1400. The molecule has 2 bridgehead atoms. The molecule has 2 spiro atoms. The average Bonchev–Trinajstić information content (AvgIpc) is 3.32. The highest BCUT2D eigenvalue weighted by Gasteiger charge is 2.73. The molecule has 2 saturated carbocycles. The van der Waals surface area contributed by atoms with Crippen molar-refractivity contribution in [3.05, 3.63) is 65.5 Å². The monoisotopic (exact) mass is 515 g/mol. The van der Waals surface area contributed by atoms with E-state index >= 15 is 0 Å². The average molecular weight is 516 g/mol. The summed E-state index contributed by atoms with van der Waals surface area (Å²) in [5.74, 6) is -0.0282. The van der Waals surface area contributed by atoms with Crippen LogP contribution in [0.25, 0.3) is 10.8 Å². The smallest absolute Gasteiger partial charge is 0.121 e. The van der Waals surface area contributed by atoms with Crippen molar-refractivity contribution < 1.29 is 20.1 Å². The summed E-state index contributed by atoms with van der Waals surface area (Å²) in [5.41, 5.74) is 6.30. The topological polar surface area (TPSA) is 112 Å². The fourth-order valence-electron chi connectivity index (χ4n) is 9.40. The Hall–Kier alpha value is -2.13. The number of ether oxygens (including phenoxy) is 1. The molecule has 2 aromatic rings. The maximum atomic E-state index is 12.5. The molecule has 0 radical (unpaired) electrons. The van der Waals surface area contributed by atoms with Crippen molar-refractivity contribution in [3.8, 4) is 0 Å². The molecule has 7 nitrogen and oxygen atoms in total. The van der Waals surface area contributed by atoms with Gasteiger partial charge in [0, 0.05) is 54.3 Å². The Balaban J connectivity index is 1.20. The van der Waals surface area contributed by atoms with E-state index in [0.717, 1.165) is 48.7 Å². The Morgan fingerprint density at radius 2 is 1.97 bits per heavy atom. The molecule has 8 atom stereocenters. The third-order valence-electron chi connectivity index (χ3n) is 11.5. The number of hydrogen-bond donors (Lipinski definition) is 4. The molecule has 0 amide bonds. The highest BCUT2D eigenvalue weighted by molar-refractivity contribution is 5.82. The standard InChI is InChI=1S/C31H37N3O4/c1-28-6-4-20-11-22-12-25(35)24(34-16-23(32)17-34)14-29(22)7-8-30(20,38-29)26(28)13-27(36)31(28,37)21-3-2-18-5-9-33-15-19(18)10-21/h2-5,9-11,15,23-27,35-37H,6-8,12-14,16-17,32H2,1H3/t24-,25+,26+,27+,28-,29+,30?,31+/m0/s1. The Labute approximate surface area is 223 Å². The van der Waals surface area contributed by atoms with Crippen molar-refractivity contribution in [1.29, 1.82) is 0 Å². The number of nitrogens with two attached hydrogens (primary N) is 1. The molecule has 1 unspecified atom stereocenters. The largest absolute Gasteiger partial charge is 0.391 e. The van der Waals surface area contributed by atoms with Gasteiger partial charge >= 0.3 is 0 Å². The molecule has 38 heavy (non-hydrogen) atoms. The van der Waals surface area contributed by atoms with Crippen LogP contribution in [0.5, 0.6) is 0 Å². The third-order valence-corrected chi connectivity index (χ3v) is 11.5. The Kier molecular flexibility index (Phi) is 4.70. The van der Waals surface area contributed by atoms with E-state index in [1.807, 2.05) is 30.5 Å². The van der Waals surface area contributed by atoms with Crippen LogP contribution in [0.1, 0.15) is 51.0 Å². The normalized spacial score (nSPS) is 46.1. The van der Waals surface area contributed by atoms with E-state index < -0.39 is 28.8 Å². The molecule has 200 valence electrons. The lowest BCUT2D eigenvalue weighted by Crippen LogP contribution is -2.65. The molecule has 3 aliphatic heterocycles. The van der Waals surface area contributed by atoms with Gasteiger partial charge in [0.2, 0.25) is 0 Å². The highest BCUT2D eigenvalue weighted by atomic mass is 16.5. The fraction of sp³-hybridized carbons (Fsp3) is 0.581. The first kappa shape index (κ1) is 23.7. The van der Waals surface area contributed by atoms with Gasteiger partial charge in [0.1, 0.15) is 5.60 Å². The number of nitrogens with zero attached hydrogens (tertiary/aromatic N) is 2. The minimum absolute atomic E-state index is 0.0282. The molecule has 7 heteroatoms. The summed E-state index contributed by atoms with van der Waals surface area (Å²) in [6.45, 7) is 3.80. The minimum Gasteiger partial charge on any atom is -0.391 e. The van der Waals surface area contributed by atoms with Crippen LogP contribution in [0.2, 0.25) is 0 Å². The van der Waals surface area contributed by atoms with Crippen molar-refractivity contribution in [2.24, 2.45) is 17.1 Å². The van der Waals surface area contributed by atoms with Crippen molar-refractivity contribution in [1.82, 2.24) is 9.88 Å². The van der Waals surface area contributed by atoms with Gasteiger partial charge in [-0.25, -0.2) is 0 Å². The zero-order chi connectivity index (χ0) is 26.1. The number of rotatable bonds is 2. The lowest BCUT2D eigenvalue weighted by Gasteiger charge is -2.57. The molecular formula is C31H37N3O4. The van der Waals surface area contributed by atoms with Crippen LogP contribution in [0, 0.1) is 11.3 Å². The second kappa shape index (κ2) is 7.53. The minimum atomic E-state index is -1.40. The van der Waals surface area contributed by atoms with Gasteiger partial charge in [0.15, 0.2) is 0 Å². The van der Waals surface area contributed by atoms with Gasteiger partial charge in [-0.1, -0.05) is 31.2 Å². The first-order valence-electron chi connectivity index (χ1n) is 14.2. The number of fused-ring (bicyclic) bond motifs is 2. The van der Waals surface area contributed by atoms with Crippen LogP contribution in [0.15, 0.2) is 60.0 Å². The van der Waals surface area contributed by atoms with Gasteiger partial charge in [-0.15, -0.1) is 0 Å². The predicted molar refractivity (Wildman–Crippen MR) is 143 cm³/mol. The molecular weight excluding hydrogens is 478 g/mol. The lowest BCUT2D eigenvalue weighted by molar-refractivity contribution is -0.181. The predicted octanol–water partition coefficient (Wildman–Crippen LogP) is 2.53.